The number of carbonyl (C=O) groups is 3. The summed E-state index contributed by atoms with van der Waals surface area (Å²) in [7, 11) is 0. The first-order chi connectivity index (χ1) is 34.0. The Morgan fingerprint density at radius 3 is 0.870 bits per heavy atom. The van der Waals surface area contributed by atoms with Crippen LogP contribution in [0.4, 0.5) is 0 Å². The molecule has 0 aromatic carbocycles. The maximum atomic E-state index is 12.9. The van der Waals surface area contributed by atoms with Gasteiger partial charge in [0.25, 0.3) is 0 Å². The Kier molecular flexibility index (Phi) is 55.3. The molecule has 0 unspecified atom stereocenters. The lowest BCUT2D eigenvalue weighted by atomic mass is 10.0. The molecule has 1 atom stereocenters. The van der Waals surface area contributed by atoms with Gasteiger partial charge in [-0.05, 0) is 89.9 Å². The number of esters is 3. The molecule has 0 N–H and O–H groups in total. The second kappa shape index (κ2) is 57.7. The van der Waals surface area contributed by atoms with E-state index in [1.54, 1.807) is 0 Å². The largest absolute Gasteiger partial charge is 0.462 e. The molecule has 0 rings (SSSR count). The van der Waals surface area contributed by atoms with E-state index in [1.807, 2.05) is 0 Å². The fraction of sp³-hybridized carbons (Fsp3) is 0.794. The van der Waals surface area contributed by atoms with Gasteiger partial charge in [-0.25, -0.2) is 0 Å². The highest BCUT2D eigenvalue weighted by Crippen LogP contribution is 2.16. The maximum absolute atomic E-state index is 12.9. The average Bonchev–Trinajstić information content (AvgIpc) is 3.35. The quantitative estimate of drug-likeness (QED) is 0.0262. The van der Waals surface area contributed by atoms with E-state index >= 15 is 0 Å². The van der Waals surface area contributed by atoms with Gasteiger partial charge in [-0.2, -0.15) is 0 Å². The third kappa shape index (κ3) is 55.9. The number of rotatable bonds is 54. The van der Waals surface area contributed by atoms with Crippen LogP contribution in [0.3, 0.4) is 0 Å². The summed E-state index contributed by atoms with van der Waals surface area (Å²) in [5.74, 6) is -0.920. The zero-order chi connectivity index (χ0) is 50.0. The van der Waals surface area contributed by atoms with Crippen LogP contribution < -0.4 is 0 Å². The Morgan fingerprint density at radius 2 is 0.522 bits per heavy atom. The van der Waals surface area contributed by atoms with Crippen molar-refractivity contribution in [3.05, 3.63) is 60.8 Å². The van der Waals surface area contributed by atoms with E-state index in [2.05, 4.69) is 81.5 Å². The van der Waals surface area contributed by atoms with E-state index in [0.29, 0.717) is 19.3 Å². The van der Waals surface area contributed by atoms with E-state index < -0.39 is 6.10 Å². The minimum atomic E-state index is -0.792. The molecule has 0 amide bonds. The number of ether oxygens (including phenoxy) is 3. The molecule has 0 saturated heterocycles. The maximum Gasteiger partial charge on any atom is 0.306 e. The zero-order valence-electron chi connectivity index (χ0n) is 45.8. The van der Waals surface area contributed by atoms with Crippen molar-refractivity contribution in [2.75, 3.05) is 13.2 Å². The van der Waals surface area contributed by atoms with Gasteiger partial charge in [0.05, 0.1) is 0 Å². The number of unbranched alkanes of at least 4 members (excludes halogenated alkanes) is 33. The van der Waals surface area contributed by atoms with Crippen LogP contribution in [-0.2, 0) is 28.6 Å². The van der Waals surface area contributed by atoms with E-state index in [9.17, 15) is 14.4 Å². The van der Waals surface area contributed by atoms with Gasteiger partial charge in [0.2, 0.25) is 0 Å². The van der Waals surface area contributed by atoms with Gasteiger partial charge in [0.15, 0.2) is 6.10 Å². The minimum absolute atomic E-state index is 0.0881. The lowest BCUT2D eigenvalue weighted by molar-refractivity contribution is -0.167. The molecule has 0 aromatic heterocycles. The Labute approximate surface area is 428 Å². The van der Waals surface area contributed by atoms with Crippen molar-refractivity contribution in [3.63, 3.8) is 0 Å². The molecule has 0 radical (unpaired) electrons. The Hall–Kier alpha value is -2.89. The summed E-state index contributed by atoms with van der Waals surface area (Å²) in [6.45, 7) is 6.58. The van der Waals surface area contributed by atoms with Gasteiger partial charge < -0.3 is 14.2 Å². The lowest BCUT2D eigenvalue weighted by Gasteiger charge is -2.18. The van der Waals surface area contributed by atoms with Gasteiger partial charge in [-0.15, -0.1) is 0 Å². The predicted octanol–water partition coefficient (Wildman–Crippen LogP) is 20.0. The fourth-order valence-corrected chi connectivity index (χ4v) is 8.48. The molecule has 0 heterocycles. The summed E-state index contributed by atoms with van der Waals surface area (Å²) in [5, 5.41) is 0. The Balaban J connectivity index is 4.40. The molecular weight excluding hydrogens is 853 g/mol. The summed E-state index contributed by atoms with van der Waals surface area (Å²) >= 11 is 0. The molecule has 0 aliphatic rings. The topological polar surface area (TPSA) is 78.9 Å². The van der Waals surface area contributed by atoms with E-state index in [4.69, 9.17) is 14.2 Å². The molecule has 0 bridgehead atoms. The van der Waals surface area contributed by atoms with E-state index in [1.165, 1.54) is 180 Å². The highest BCUT2D eigenvalue weighted by Gasteiger charge is 2.19. The highest BCUT2D eigenvalue weighted by molar-refractivity contribution is 5.71. The number of allylic oxidation sites excluding steroid dienone is 10. The van der Waals surface area contributed by atoms with Gasteiger partial charge in [-0.3, -0.25) is 14.4 Å². The minimum Gasteiger partial charge on any atom is -0.462 e. The third-order valence-electron chi connectivity index (χ3n) is 13.0. The van der Waals surface area contributed by atoms with E-state index in [-0.39, 0.29) is 31.1 Å². The summed E-state index contributed by atoms with van der Waals surface area (Å²) in [5.41, 5.74) is 0. The molecule has 0 aliphatic heterocycles. The Morgan fingerprint density at radius 1 is 0.290 bits per heavy atom. The smallest absolute Gasteiger partial charge is 0.306 e. The van der Waals surface area contributed by atoms with Crippen LogP contribution in [0.15, 0.2) is 60.8 Å². The molecule has 0 saturated carbocycles. The van der Waals surface area contributed by atoms with Crippen molar-refractivity contribution >= 4 is 17.9 Å². The predicted molar refractivity (Wildman–Crippen MR) is 298 cm³/mol. The highest BCUT2D eigenvalue weighted by atomic mass is 16.6. The molecule has 0 aliphatic carbocycles. The van der Waals surface area contributed by atoms with Crippen molar-refractivity contribution in [1.82, 2.24) is 0 Å². The first-order valence-corrected chi connectivity index (χ1v) is 29.8. The SMILES string of the molecule is CCCCC/C=C\C/C=C\C/C=C\CCCCC(=O)OC[C@@H](COC(=O)CCCCCCCCC/C=C\C/C=C\CCCCC)OC(=O)CCCCCCCCCCCCCCCCCCCCC. The molecule has 0 aromatic rings. The fourth-order valence-electron chi connectivity index (χ4n) is 8.48. The van der Waals surface area contributed by atoms with Crippen LogP contribution in [-0.4, -0.2) is 37.2 Å². The standard InChI is InChI=1S/C63H112O6/c1-4-7-10-13-16-19-22-25-28-30-31-33-36-39-42-45-48-51-54-57-63(66)69-60(58-67-61(64)55-52-49-46-43-40-37-34-27-24-21-18-15-12-9-6-3)59-68-62(65)56-53-50-47-44-41-38-35-32-29-26-23-20-17-14-11-8-5-2/h17-18,20-21,26-27,29,34,40,43,60H,4-16,19,22-25,28,30-33,35-39,41-42,44-59H2,1-3H3/b20-17-,21-18-,29-26-,34-27-,43-40-/t60-/m0/s1. The first-order valence-electron chi connectivity index (χ1n) is 29.8. The monoisotopic (exact) mass is 965 g/mol. The Bertz CT molecular complexity index is 1250. The normalized spacial score (nSPS) is 12.4. The molecular formula is C63H112O6. The van der Waals surface area contributed by atoms with Crippen LogP contribution in [0.25, 0.3) is 0 Å². The lowest BCUT2D eigenvalue weighted by Crippen LogP contribution is -2.30. The van der Waals surface area contributed by atoms with E-state index in [0.717, 1.165) is 83.5 Å². The van der Waals surface area contributed by atoms with Gasteiger partial charge in [0, 0.05) is 19.3 Å². The van der Waals surface area contributed by atoms with Crippen molar-refractivity contribution < 1.29 is 28.6 Å². The van der Waals surface area contributed by atoms with Crippen LogP contribution in [0.1, 0.15) is 303 Å². The van der Waals surface area contributed by atoms with Crippen molar-refractivity contribution in [1.29, 1.82) is 0 Å². The van der Waals surface area contributed by atoms with Crippen LogP contribution >= 0.6 is 0 Å². The molecule has 0 spiro atoms. The van der Waals surface area contributed by atoms with Gasteiger partial charge in [-0.1, -0.05) is 255 Å². The van der Waals surface area contributed by atoms with Crippen LogP contribution in [0.5, 0.6) is 0 Å². The second-order valence-electron chi connectivity index (χ2n) is 19.9. The molecule has 69 heavy (non-hydrogen) atoms. The van der Waals surface area contributed by atoms with Crippen LogP contribution in [0, 0.1) is 0 Å². The summed E-state index contributed by atoms with van der Waals surface area (Å²) < 4.78 is 16.9. The number of hydrogen-bond donors (Lipinski definition) is 0. The average molecular weight is 966 g/mol. The van der Waals surface area contributed by atoms with Crippen molar-refractivity contribution in [2.24, 2.45) is 0 Å². The second-order valence-corrected chi connectivity index (χ2v) is 19.9. The van der Waals surface area contributed by atoms with Crippen LogP contribution in [0.2, 0.25) is 0 Å². The summed E-state index contributed by atoms with van der Waals surface area (Å²) in [6.07, 6.45) is 72.1. The molecule has 400 valence electrons. The molecule has 6 heteroatoms. The zero-order valence-corrected chi connectivity index (χ0v) is 45.8. The first kappa shape index (κ1) is 66.1. The molecule has 0 fully saturated rings. The van der Waals surface area contributed by atoms with Crippen molar-refractivity contribution in [2.45, 2.75) is 309 Å². The third-order valence-corrected chi connectivity index (χ3v) is 13.0. The summed E-state index contributed by atoms with van der Waals surface area (Å²) in [4.78, 5) is 38.2. The van der Waals surface area contributed by atoms with Gasteiger partial charge >= 0.3 is 17.9 Å². The molecule has 6 nitrogen and oxygen atoms in total. The van der Waals surface area contributed by atoms with Gasteiger partial charge in [0.1, 0.15) is 13.2 Å². The number of hydrogen-bond acceptors (Lipinski definition) is 6. The number of carbonyl (C=O) groups excluding carboxylic acids is 3. The van der Waals surface area contributed by atoms with Crippen molar-refractivity contribution in [3.8, 4) is 0 Å². The summed E-state index contributed by atoms with van der Waals surface area (Å²) in [6, 6.07) is 0.